The highest BCUT2D eigenvalue weighted by Crippen LogP contribution is 2.27. The molecule has 0 atom stereocenters. The van der Waals surface area contributed by atoms with E-state index in [1.165, 1.54) is 0 Å². The minimum absolute atomic E-state index is 0.0370. The van der Waals surface area contributed by atoms with E-state index in [2.05, 4.69) is 35.7 Å². The van der Waals surface area contributed by atoms with Gasteiger partial charge in [0.25, 0.3) is 0 Å². The third kappa shape index (κ3) is 1.42. The highest BCUT2D eigenvalue weighted by atomic mass is 32.1. The third-order valence-electron chi connectivity index (χ3n) is 1.85. The van der Waals surface area contributed by atoms with E-state index < -0.39 is 0 Å². The van der Waals surface area contributed by atoms with Crippen LogP contribution in [0, 0.1) is 0 Å². The summed E-state index contributed by atoms with van der Waals surface area (Å²) >= 11 is 1.56. The van der Waals surface area contributed by atoms with E-state index >= 15 is 0 Å². The van der Waals surface area contributed by atoms with E-state index in [-0.39, 0.29) is 5.41 Å². The Balaban J connectivity index is 2.75. The molecule has 0 saturated heterocycles. The highest BCUT2D eigenvalue weighted by Gasteiger charge is 2.20. The molecule has 2 rings (SSSR count). The Labute approximate surface area is 80.9 Å². The van der Waals surface area contributed by atoms with Crippen molar-refractivity contribution in [2.45, 2.75) is 26.2 Å². The van der Waals surface area contributed by atoms with Gasteiger partial charge in [0.05, 0.1) is 11.2 Å². The number of fused-ring (bicyclic) bond motifs is 1. The van der Waals surface area contributed by atoms with Crippen molar-refractivity contribution < 1.29 is 0 Å². The molecule has 0 spiro atoms. The van der Waals surface area contributed by atoms with Crippen LogP contribution in [0.5, 0.6) is 0 Å². The summed E-state index contributed by atoms with van der Waals surface area (Å²) in [7, 11) is 0. The van der Waals surface area contributed by atoms with E-state index in [0.717, 1.165) is 16.0 Å². The van der Waals surface area contributed by atoms with Crippen molar-refractivity contribution in [3.63, 3.8) is 0 Å². The Kier molecular flexibility index (Phi) is 1.80. The second-order valence-electron chi connectivity index (χ2n) is 3.98. The standard InChI is InChI=1S/C9H11N3S/c1-9(2,3)7-6-8(11-4-10-7)13-5-12-6/h4-5H,1-3H3. The average molecular weight is 193 g/mol. The van der Waals surface area contributed by atoms with Crippen molar-refractivity contribution >= 4 is 21.7 Å². The molecule has 2 heterocycles. The lowest BCUT2D eigenvalue weighted by molar-refractivity contribution is 0.573. The van der Waals surface area contributed by atoms with Crippen molar-refractivity contribution in [2.24, 2.45) is 0 Å². The maximum atomic E-state index is 4.28. The molecule has 0 N–H and O–H groups in total. The molecule has 0 aliphatic carbocycles. The molecule has 0 fully saturated rings. The van der Waals surface area contributed by atoms with E-state index in [0.29, 0.717) is 0 Å². The number of thiazole rings is 1. The second kappa shape index (κ2) is 2.73. The molecule has 68 valence electrons. The van der Waals surface area contributed by atoms with Gasteiger partial charge < -0.3 is 0 Å². The lowest BCUT2D eigenvalue weighted by Crippen LogP contribution is -2.14. The quantitative estimate of drug-likeness (QED) is 0.644. The molecule has 4 heteroatoms. The van der Waals surface area contributed by atoms with Crippen LogP contribution in [0.25, 0.3) is 10.3 Å². The lowest BCUT2D eigenvalue weighted by Gasteiger charge is -2.16. The first kappa shape index (κ1) is 8.56. The van der Waals surface area contributed by atoms with E-state index in [1.54, 1.807) is 17.7 Å². The third-order valence-corrected chi connectivity index (χ3v) is 2.58. The number of nitrogens with zero attached hydrogens (tertiary/aromatic N) is 3. The molecule has 0 bridgehead atoms. The minimum atomic E-state index is 0.0370. The van der Waals surface area contributed by atoms with Gasteiger partial charge in [0.2, 0.25) is 0 Å². The molecular formula is C9H11N3S. The first-order chi connectivity index (χ1) is 6.09. The number of aromatic nitrogens is 3. The van der Waals surface area contributed by atoms with E-state index in [1.807, 2.05) is 5.51 Å². The molecule has 0 aliphatic heterocycles. The van der Waals surface area contributed by atoms with Crippen LogP contribution in [0.3, 0.4) is 0 Å². The number of hydrogen-bond donors (Lipinski definition) is 0. The minimum Gasteiger partial charge on any atom is -0.241 e. The van der Waals surface area contributed by atoms with Gasteiger partial charge in [-0.3, -0.25) is 0 Å². The van der Waals surface area contributed by atoms with Crippen LogP contribution < -0.4 is 0 Å². The maximum Gasteiger partial charge on any atom is 0.146 e. The Morgan fingerprint density at radius 2 is 1.92 bits per heavy atom. The molecule has 2 aromatic rings. The summed E-state index contributed by atoms with van der Waals surface area (Å²) in [4.78, 5) is 13.7. The summed E-state index contributed by atoms with van der Waals surface area (Å²) in [6.07, 6.45) is 1.61. The van der Waals surface area contributed by atoms with Crippen LogP contribution >= 0.6 is 11.3 Å². The van der Waals surface area contributed by atoms with Crippen molar-refractivity contribution in [2.75, 3.05) is 0 Å². The number of hydrogen-bond acceptors (Lipinski definition) is 4. The van der Waals surface area contributed by atoms with Gasteiger partial charge in [-0.2, -0.15) is 0 Å². The zero-order chi connectivity index (χ0) is 9.47. The van der Waals surface area contributed by atoms with E-state index in [4.69, 9.17) is 0 Å². The smallest absolute Gasteiger partial charge is 0.146 e. The van der Waals surface area contributed by atoms with Crippen LogP contribution in [0.4, 0.5) is 0 Å². The monoisotopic (exact) mass is 193 g/mol. The molecule has 0 unspecified atom stereocenters. The van der Waals surface area contributed by atoms with Gasteiger partial charge in [-0.25, -0.2) is 15.0 Å². The van der Waals surface area contributed by atoms with Crippen molar-refractivity contribution in [1.82, 2.24) is 15.0 Å². The molecule has 0 saturated carbocycles. The molecule has 0 aromatic carbocycles. The van der Waals surface area contributed by atoms with Crippen LogP contribution in [0.2, 0.25) is 0 Å². The summed E-state index contributed by atoms with van der Waals surface area (Å²) < 4.78 is 0. The van der Waals surface area contributed by atoms with Crippen LogP contribution in [0.15, 0.2) is 11.8 Å². The fraction of sp³-hybridized carbons (Fsp3) is 0.444. The Morgan fingerprint density at radius 3 is 2.62 bits per heavy atom. The van der Waals surface area contributed by atoms with Gasteiger partial charge in [-0.05, 0) is 0 Å². The summed E-state index contributed by atoms with van der Waals surface area (Å²) in [5.74, 6) is 0. The van der Waals surface area contributed by atoms with Gasteiger partial charge in [0, 0.05) is 5.41 Å². The molecule has 13 heavy (non-hydrogen) atoms. The average Bonchev–Trinajstić information content (AvgIpc) is 2.48. The molecule has 2 aromatic heterocycles. The van der Waals surface area contributed by atoms with Crippen LogP contribution in [0.1, 0.15) is 26.5 Å². The van der Waals surface area contributed by atoms with Gasteiger partial charge in [-0.15, -0.1) is 11.3 Å². The predicted octanol–water partition coefficient (Wildman–Crippen LogP) is 2.38. The normalized spacial score (nSPS) is 12.2. The van der Waals surface area contributed by atoms with Crippen molar-refractivity contribution in [1.29, 1.82) is 0 Å². The first-order valence-electron chi connectivity index (χ1n) is 4.14. The Morgan fingerprint density at radius 1 is 1.15 bits per heavy atom. The fourth-order valence-electron chi connectivity index (χ4n) is 1.24. The summed E-state index contributed by atoms with van der Waals surface area (Å²) in [6.45, 7) is 6.40. The SMILES string of the molecule is CC(C)(C)c1ncnc2scnc12. The van der Waals surface area contributed by atoms with E-state index in [9.17, 15) is 0 Å². The van der Waals surface area contributed by atoms with Gasteiger partial charge in [-0.1, -0.05) is 20.8 Å². The fourth-order valence-corrected chi connectivity index (χ4v) is 1.87. The largest absolute Gasteiger partial charge is 0.241 e. The van der Waals surface area contributed by atoms with Crippen LogP contribution in [-0.4, -0.2) is 15.0 Å². The molecule has 3 nitrogen and oxygen atoms in total. The molecular weight excluding hydrogens is 182 g/mol. The Bertz CT molecular complexity index is 428. The van der Waals surface area contributed by atoms with Crippen molar-refractivity contribution in [3.05, 3.63) is 17.5 Å². The summed E-state index contributed by atoms with van der Waals surface area (Å²) in [5, 5.41) is 0. The zero-order valence-electron chi connectivity index (χ0n) is 7.90. The molecule has 0 aliphatic rings. The maximum absolute atomic E-state index is 4.28. The first-order valence-corrected chi connectivity index (χ1v) is 5.01. The zero-order valence-corrected chi connectivity index (χ0v) is 8.72. The molecule has 0 radical (unpaired) electrons. The molecule has 0 amide bonds. The Hall–Kier alpha value is -1.03. The summed E-state index contributed by atoms with van der Waals surface area (Å²) in [5.41, 5.74) is 3.82. The topological polar surface area (TPSA) is 38.7 Å². The predicted molar refractivity (Wildman–Crippen MR) is 53.9 cm³/mol. The van der Waals surface area contributed by atoms with Gasteiger partial charge >= 0.3 is 0 Å². The number of rotatable bonds is 0. The lowest BCUT2D eigenvalue weighted by atomic mass is 9.91. The second-order valence-corrected chi connectivity index (χ2v) is 4.81. The van der Waals surface area contributed by atoms with Gasteiger partial charge in [0.1, 0.15) is 16.7 Å². The highest BCUT2D eigenvalue weighted by molar-refractivity contribution is 7.16. The van der Waals surface area contributed by atoms with Crippen molar-refractivity contribution in [3.8, 4) is 0 Å². The van der Waals surface area contributed by atoms with Crippen LogP contribution in [-0.2, 0) is 5.41 Å². The summed E-state index contributed by atoms with van der Waals surface area (Å²) in [6, 6.07) is 0. The van der Waals surface area contributed by atoms with Gasteiger partial charge in [0.15, 0.2) is 0 Å².